The number of fused-ring (bicyclic) bond motifs is 3. The molecule has 0 bridgehead atoms. The van der Waals surface area contributed by atoms with Gasteiger partial charge in [-0.15, -0.1) is 34.0 Å². The van der Waals surface area contributed by atoms with Crippen LogP contribution < -0.4 is 5.32 Å². The number of halogens is 1. The van der Waals surface area contributed by atoms with Gasteiger partial charge in [-0.3, -0.25) is 4.79 Å². The van der Waals surface area contributed by atoms with E-state index in [9.17, 15) is 9.59 Å². The second-order valence-electron chi connectivity index (χ2n) is 8.26. The minimum atomic E-state index is -0.319. The van der Waals surface area contributed by atoms with Gasteiger partial charge in [0, 0.05) is 27.1 Å². The van der Waals surface area contributed by atoms with Crippen molar-refractivity contribution in [3.63, 3.8) is 0 Å². The van der Waals surface area contributed by atoms with E-state index in [0.29, 0.717) is 36.0 Å². The van der Waals surface area contributed by atoms with Gasteiger partial charge in [0.25, 0.3) is 5.91 Å². The lowest BCUT2D eigenvalue weighted by Gasteiger charge is -2.26. The van der Waals surface area contributed by atoms with Crippen LogP contribution >= 0.6 is 45.6 Å². The molecule has 0 saturated heterocycles. The molecule has 4 heterocycles. The second kappa shape index (κ2) is 9.48. The van der Waals surface area contributed by atoms with E-state index in [1.54, 1.807) is 23.2 Å². The molecule has 0 radical (unpaired) electrons. The number of aromatic nitrogens is 1. The third-order valence-corrected chi connectivity index (χ3v) is 9.92. The lowest BCUT2D eigenvalue weighted by atomic mass is 10.0. The Labute approximate surface area is 224 Å². The number of benzene rings is 2. The van der Waals surface area contributed by atoms with E-state index >= 15 is 0 Å². The fraction of sp³-hybridized carbons (Fsp3) is 0.192. The minimum Gasteiger partial charge on any atom is -0.450 e. The number of hydrogen-bond donors (Lipinski definition) is 1. The molecule has 36 heavy (non-hydrogen) atoms. The molecule has 1 aliphatic heterocycles. The highest BCUT2D eigenvalue weighted by molar-refractivity contribution is 7.23. The summed E-state index contributed by atoms with van der Waals surface area (Å²) < 4.78 is 7.27. The molecule has 0 fully saturated rings. The first kappa shape index (κ1) is 23.4. The van der Waals surface area contributed by atoms with Crippen molar-refractivity contribution in [1.29, 1.82) is 0 Å². The number of carbonyl (C=O) groups is 2. The average Bonchev–Trinajstić information content (AvgIpc) is 3.56. The number of amides is 2. The molecule has 1 aliphatic rings. The summed E-state index contributed by atoms with van der Waals surface area (Å²) in [4.78, 5) is 33.9. The highest BCUT2D eigenvalue weighted by Gasteiger charge is 2.30. The molecular weight excluding hydrogens is 534 g/mol. The molecule has 0 unspecified atom stereocenters. The predicted molar refractivity (Wildman–Crippen MR) is 149 cm³/mol. The molecule has 3 aromatic heterocycles. The van der Waals surface area contributed by atoms with Gasteiger partial charge >= 0.3 is 6.09 Å². The largest absolute Gasteiger partial charge is 0.450 e. The van der Waals surface area contributed by atoms with Gasteiger partial charge in [0.1, 0.15) is 14.9 Å². The first-order valence-corrected chi connectivity index (χ1v) is 14.3. The summed E-state index contributed by atoms with van der Waals surface area (Å²) in [6, 6.07) is 15.7. The molecule has 6 rings (SSSR count). The Morgan fingerprint density at radius 2 is 1.86 bits per heavy atom. The van der Waals surface area contributed by atoms with Crippen LogP contribution in [-0.4, -0.2) is 35.0 Å². The maximum absolute atomic E-state index is 13.5. The van der Waals surface area contributed by atoms with E-state index in [1.165, 1.54) is 22.7 Å². The minimum absolute atomic E-state index is 0.246. The monoisotopic (exact) mass is 553 g/mol. The second-order valence-corrected chi connectivity index (χ2v) is 11.8. The Hall–Kier alpha value is -2.98. The Bertz CT molecular complexity index is 1600. The van der Waals surface area contributed by atoms with Gasteiger partial charge in [0.05, 0.1) is 28.4 Å². The molecule has 182 valence electrons. The summed E-state index contributed by atoms with van der Waals surface area (Å²) in [5, 5.41) is 6.05. The van der Waals surface area contributed by atoms with Crippen LogP contribution in [0.4, 0.5) is 9.80 Å². The fourth-order valence-electron chi connectivity index (χ4n) is 4.39. The predicted octanol–water partition coefficient (Wildman–Crippen LogP) is 7.66. The number of thiazole rings is 1. The van der Waals surface area contributed by atoms with E-state index in [1.807, 2.05) is 48.5 Å². The van der Waals surface area contributed by atoms with E-state index < -0.39 is 0 Å². The first-order chi connectivity index (χ1) is 17.5. The number of carbonyl (C=O) groups excluding carboxylic acids is 2. The van der Waals surface area contributed by atoms with Gasteiger partial charge in [-0.25, -0.2) is 9.78 Å². The van der Waals surface area contributed by atoms with Gasteiger partial charge in [0.15, 0.2) is 0 Å². The Morgan fingerprint density at radius 3 is 2.64 bits per heavy atom. The molecule has 0 saturated carbocycles. The summed E-state index contributed by atoms with van der Waals surface area (Å²) in [5.41, 5.74) is 2.98. The number of anilines is 1. The zero-order valence-electron chi connectivity index (χ0n) is 19.2. The van der Waals surface area contributed by atoms with Gasteiger partial charge in [0.2, 0.25) is 0 Å². The smallest absolute Gasteiger partial charge is 0.410 e. The lowest BCUT2D eigenvalue weighted by molar-refractivity contribution is 0.102. The Kier molecular flexibility index (Phi) is 6.17. The van der Waals surface area contributed by atoms with E-state index in [4.69, 9.17) is 21.3 Å². The molecule has 2 amide bonds. The molecule has 0 aliphatic carbocycles. The molecule has 1 N–H and O–H groups in total. The summed E-state index contributed by atoms with van der Waals surface area (Å²) in [7, 11) is 0. The van der Waals surface area contributed by atoms with E-state index in [-0.39, 0.29) is 12.0 Å². The van der Waals surface area contributed by atoms with Crippen molar-refractivity contribution >= 4 is 82.9 Å². The maximum Gasteiger partial charge on any atom is 0.410 e. The average molecular weight is 554 g/mol. The van der Waals surface area contributed by atoms with Crippen molar-refractivity contribution in [2.45, 2.75) is 19.9 Å². The SMILES string of the molecule is CCOC(=O)N1CCc2c(sc(NC(=O)c3sc4ccccc4c3Cl)c2-c2nc3ccccc3s2)C1. The molecule has 0 spiro atoms. The lowest BCUT2D eigenvalue weighted by Crippen LogP contribution is -2.35. The number of hydrogen-bond acceptors (Lipinski definition) is 7. The number of ether oxygens (including phenoxy) is 1. The normalized spacial score (nSPS) is 13.2. The quantitative estimate of drug-likeness (QED) is 0.248. The summed E-state index contributed by atoms with van der Waals surface area (Å²) in [6.07, 6.45) is 0.343. The van der Waals surface area contributed by atoms with Gasteiger partial charge in [-0.05, 0) is 37.1 Å². The molecular formula is C26H20ClN3O3S3. The van der Waals surface area contributed by atoms with E-state index in [2.05, 4.69) is 5.32 Å². The van der Waals surface area contributed by atoms with Crippen molar-refractivity contribution in [2.75, 3.05) is 18.5 Å². The number of nitrogens with zero attached hydrogens (tertiary/aromatic N) is 2. The number of rotatable bonds is 4. The van der Waals surface area contributed by atoms with Crippen molar-refractivity contribution in [3.8, 4) is 10.6 Å². The van der Waals surface area contributed by atoms with Crippen LogP contribution in [0.25, 0.3) is 30.9 Å². The van der Waals surface area contributed by atoms with Gasteiger partial charge in [-0.1, -0.05) is 41.9 Å². The summed E-state index contributed by atoms with van der Waals surface area (Å²) in [6.45, 7) is 3.13. The zero-order chi connectivity index (χ0) is 24.8. The van der Waals surface area contributed by atoms with Gasteiger partial charge < -0.3 is 15.0 Å². The number of thiophene rings is 2. The summed E-state index contributed by atoms with van der Waals surface area (Å²) in [5.74, 6) is -0.246. The maximum atomic E-state index is 13.5. The number of nitrogens with one attached hydrogen (secondary N) is 1. The molecule has 6 nitrogen and oxygen atoms in total. The highest BCUT2D eigenvalue weighted by Crippen LogP contribution is 2.46. The van der Waals surface area contributed by atoms with Crippen LogP contribution in [0.5, 0.6) is 0 Å². The first-order valence-electron chi connectivity index (χ1n) is 11.4. The third-order valence-electron chi connectivity index (χ3n) is 6.06. The fourth-order valence-corrected chi connectivity index (χ4v) is 8.17. The Morgan fingerprint density at radius 1 is 1.08 bits per heavy atom. The Balaban J connectivity index is 1.42. The van der Waals surface area contributed by atoms with Crippen molar-refractivity contribution < 1.29 is 14.3 Å². The van der Waals surface area contributed by atoms with Crippen LogP contribution in [0.3, 0.4) is 0 Å². The van der Waals surface area contributed by atoms with Crippen LogP contribution in [0, 0.1) is 0 Å². The van der Waals surface area contributed by atoms with Crippen molar-refractivity contribution in [1.82, 2.24) is 9.88 Å². The highest BCUT2D eigenvalue weighted by atomic mass is 35.5. The molecule has 5 aromatic rings. The van der Waals surface area contributed by atoms with Crippen molar-refractivity contribution in [3.05, 3.63) is 68.9 Å². The van der Waals surface area contributed by atoms with Crippen molar-refractivity contribution in [2.24, 2.45) is 0 Å². The van der Waals surface area contributed by atoms with Crippen LogP contribution in [0.1, 0.15) is 27.0 Å². The zero-order valence-corrected chi connectivity index (χ0v) is 22.4. The molecule has 2 aromatic carbocycles. The van der Waals surface area contributed by atoms with E-state index in [0.717, 1.165) is 46.3 Å². The number of para-hydroxylation sites is 1. The van der Waals surface area contributed by atoms with Crippen LogP contribution in [0.2, 0.25) is 5.02 Å². The standard InChI is InChI=1S/C26H20ClN3O3S3/c1-2-33-26(32)30-12-11-14-19(13-30)36-25(20(14)24-28-16-8-4-6-10-18(16)35-24)29-23(31)22-21(27)15-7-3-5-9-17(15)34-22/h3-10H,2,11-13H2,1H3,(H,29,31). The molecule has 0 atom stereocenters. The topological polar surface area (TPSA) is 71.5 Å². The van der Waals surface area contributed by atoms with Gasteiger partial charge in [-0.2, -0.15) is 0 Å². The molecule has 10 heteroatoms. The van der Waals surface area contributed by atoms with Crippen LogP contribution in [0.15, 0.2) is 48.5 Å². The van der Waals surface area contributed by atoms with Crippen LogP contribution in [-0.2, 0) is 17.7 Å². The summed E-state index contributed by atoms with van der Waals surface area (Å²) >= 11 is 11.1. The third kappa shape index (κ3) is 4.06.